The lowest BCUT2D eigenvalue weighted by Crippen LogP contribution is -1.86. The minimum Gasteiger partial charge on any atom is -0.373 e. The van der Waals surface area contributed by atoms with Crippen LogP contribution in [0, 0.1) is 0 Å². The van der Waals surface area contributed by atoms with Gasteiger partial charge in [-0.2, -0.15) is 0 Å². The first kappa shape index (κ1) is 10.7. The molecule has 0 aromatic heterocycles. The average molecular weight is 206 g/mol. The summed E-state index contributed by atoms with van der Waals surface area (Å²) in [5, 5.41) is 0. The number of hydrogen-bond acceptors (Lipinski definition) is 3. The second kappa shape index (κ2) is 7.10. The summed E-state index contributed by atoms with van der Waals surface area (Å²) >= 11 is 0. The van der Waals surface area contributed by atoms with E-state index in [0.717, 1.165) is 6.61 Å². The molecule has 0 saturated carbocycles. The largest absolute Gasteiger partial charge is 0.373 e. The van der Waals surface area contributed by atoms with Crippen LogP contribution in [0.3, 0.4) is 0 Å². The lowest BCUT2D eigenvalue weighted by molar-refractivity contribution is 0.405. The molecule has 0 N–H and O–H groups in total. The minimum absolute atomic E-state index is 0.619. The highest BCUT2D eigenvalue weighted by Crippen LogP contribution is 2.26. The zero-order chi connectivity index (χ0) is 8.65. The lowest BCUT2D eigenvalue weighted by atomic mass is 10.3. The van der Waals surface area contributed by atoms with Crippen LogP contribution in [-0.4, -0.2) is 24.2 Å². The second-order valence-corrected chi connectivity index (χ2v) is 5.80. The molecule has 0 aliphatic carbocycles. The molecule has 0 spiro atoms. The van der Waals surface area contributed by atoms with Gasteiger partial charge in [0.25, 0.3) is 0 Å². The van der Waals surface area contributed by atoms with E-state index in [2.05, 4.69) is 6.92 Å². The van der Waals surface area contributed by atoms with E-state index in [0.29, 0.717) is 6.10 Å². The number of unbranched alkanes of at least 4 members (excludes halogenated alkanes) is 2. The predicted octanol–water partition coefficient (Wildman–Crippen LogP) is 3.35. The molecule has 0 amide bonds. The Morgan fingerprint density at radius 1 is 1.25 bits per heavy atom. The summed E-state index contributed by atoms with van der Waals surface area (Å²) in [6.07, 6.45) is 5.98. The van der Waals surface area contributed by atoms with E-state index < -0.39 is 0 Å². The maximum absolute atomic E-state index is 5.13. The van der Waals surface area contributed by atoms with E-state index in [1.165, 1.54) is 37.2 Å². The fourth-order valence-corrected chi connectivity index (χ4v) is 3.21. The van der Waals surface area contributed by atoms with Gasteiger partial charge >= 0.3 is 0 Å². The highest BCUT2D eigenvalue weighted by molar-refractivity contribution is 8.76. The molecule has 0 bridgehead atoms. The maximum atomic E-state index is 5.13. The van der Waals surface area contributed by atoms with Crippen molar-refractivity contribution in [3.05, 3.63) is 0 Å². The average Bonchev–Trinajstić information content (AvgIpc) is 2.87. The monoisotopic (exact) mass is 206 g/mol. The van der Waals surface area contributed by atoms with Crippen LogP contribution in [0.2, 0.25) is 0 Å². The molecule has 72 valence electrons. The summed E-state index contributed by atoms with van der Waals surface area (Å²) in [5.74, 6) is 2.59. The zero-order valence-electron chi connectivity index (χ0n) is 7.75. The van der Waals surface area contributed by atoms with Crippen molar-refractivity contribution >= 4 is 21.6 Å². The van der Waals surface area contributed by atoms with Gasteiger partial charge in [0.1, 0.15) is 0 Å². The van der Waals surface area contributed by atoms with Gasteiger partial charge in [0, 0.05) is 11.5 Å². The van der Waals surface area contributed by atoms with Gasteiger partial charge in [-0.15, -0.1) is 0 Å². The van der Waals surface area contributed by atoms with E-state index in [1.807, 2.05) is 21.6 Å². The summed E-state index contributed by atoms with van der Waals surface area (Å²) in [6.45, 7) is 3.27. The van der Waals surface area contributed by atoms with Crippen molar-refractivity contribution in [3.63, 3.8) is 0 Å². The highest BCUT2D eigenvalue weighted by Gasteiger charge is 2.21. The van der Waals surface area contributed by atoms with E-state index in [4.69, 9.17) is 4.74 Å². The molecule has 1 unspecified atom stereocenters. The summed E-state index contributed by atoms with van der Waals surface area (Å²) in [4.78, 5) is 0. The normalized spacial score (nSPS) is 21.2. The molecular weight excluding hydrogens is 188 g/mol. The van der Waals surface area contributed by atoms with E-state index in [1.54, 1.807) is 0 Å². The first-order chi connectivity index (χ1) is 5.93. The van der Waals surface area contributed by atoms with Gasteiger partial charge < -0.3 is 4.74 Å². The third-order valence-electron chi connectivity index (χ3n) is 1.84. The predicted molar refractivity (Wildman–Crippen MR) is 58.8 cm³/mol. The molecule has 1 saturated heterocycles. The molecule has 3 heteroatoms. The Morgan fingerprint density at radius 2 is 2.00 bits per heavy atom. The van der Waals surface area contributed by atoms with Crippen LogP contribution >= 0.6 is 21.6 Å². The van der Waals surface area contributed by atoms with Crippen LogP contribution in [0.5, 0.6) is 0 Å². The second-order valence-electron chi connectivity index (χ2n) is 3.10. The SMILES string of the molecule is CCCCCSSCCC1CO1. The van der Waals surface area contributed by atoms with Gasteiger partial charge in [0.2, 0.25) is 0 Å². The Morgan fingerprint density at radius 3 is 2.67 bits per heavy atom. The minimum atomic E-state index is 0.619. The van der Waals surface area contributed by atoms with Crippen molar-refractivity contribution < 1.29 is 4.74 Å². The first-order valence-corrected chi connectivity index (χ1v) is 7.28. The molecule has 1 aliphatic rings. The number of rotatable bonds is 8. The molecular formula is C9H18OS2. The molecule has 0 radical (unpaired) electrons. The Kier molecular flexibility index (Phi) is 6.35. The van der Waals surface area contributed by atoms with Gasteiger partial charge in [-0.3, -0.25) is 0 Å². The molecule has 1 aliphatic heterocycles. The standard InChI is InChI=1S/C9H18OS2/c1-2-3-4-6-11-12-7-5-9-8-10-9/h9H,2-8H2,1H3. The van der Waals surface area contributed by atoms with Crippen molar-refractivity contribution in [2.45, 2.75) is 38.7 Å². The Hall–Kier alpha value is 0.660. The molecule has 1 atom stereocenters. The van der Waals surface area contributed by atoms with Gasteiger partial charge in [-0.1, -0.05) is 41.4 Å². The Labute approximate surface area is 83.4 Å². The summed E-state index contributed by atoms with van der Waals surface area (Å²) in [5.41, 5.74) is 0. The molecule has 1 heterocycles. The van der Waals surface area contributed by atoms with Crippen molar-refractivity contribution in [2.75, 3.05) is 18.1 Å². The fraction of sp³-hybridized carbons (Fsp3) is 1.00. The third kappa shape index (κ3) is 6.21. The zero-order valence-corrected chi connectivity index (χ0v) is 9.38. The summed E-state index contributed by atoms with van der Waals surface area (Å²) in [7, 11) is 4.03. The quantitative estimate of drug-likeness (QED) is 0.343. The van der Waals surface area contributed by atoms with Gasteiger partial charge in [0.15, 0.2) is 0 Å². The van der Waals surface area contributed by atoms with Crippen LogP contribution in [0.15, 0.2) is 0 Å². The first-order valence-electron chi connectivity index (χ1n) is 4.79. The van der Waals surface area contributed by atoms with Gasteiger partial charge in [-0.05, 0) is 12.8 Å². The van der Waals surface area contributed by atoms with E-state index in [-0.39, 0.29) is 0 Å². The smallest absolute Gasteiger partial charge is 0.0818 e. The summed E-state index contributed by atoms with van der Waals surface area (Å²) < 4.78 is 5.13. The van der Waals surface area contributed by atoms with Crippen molar-refractivity contribution in [2.24, 2.45) is 0 Å². The summed E-state index contributed by atoms with van der Waals surface area (Å²) in [6, 6.07) is 0. The molecule has 0 aromatic rings. The molecule has 1 nitrogen and oxygen atoms in total. The number of epoxide rings is 1. The molecule has 0 aromatic carbocycles. The Balaban J connectivity index is 1.65. The highest BCUT2D eigenvalue weighted by atomic mass is 33.1. The van der Waals surface area contributed by atoms with Crippen molar-refractivity contribution in [1.29, 1.82) is 0 Å². The number of hydrogen-bond donors (Lipinski definition) is 0. The fourth-order valence-electron chi connectivity index (χ4n) is 0.943. The van der Waals surface area contributed by atoms with Crippen LogP contribution in [0.25, 0.3) is 0 Å². The van der Waals surface area contributed by atoms with Gasteiger partial charge in [-0.25, -0.2) is 0 Å². The van der Waals surface area contributed by atoms with E-state index >= 15 is 0 Å². The van der Waals surface area contributed by atoms with Crippen molar-refractivity contribution in [1.82, 2.24) is 0 Å². The molecule has 1 fully saturated rings. The van der Waals surface area contributed by atoms with Crippen LogP contribution < -0.4 is 0 Å². The third-order valence-corrected chi connectivity index (χ3v) is 4.36. The van der Waals surface area contributed by atoms with Crippen molar-refractivity contribution in [3.8, 4) is 0 Å². The topological polar surface area (TPSA) is 12.5 Å². The molecule has 1 rings (SSSR count). The van der Waals surface area contributed by atoms with Crippen LogP contribution in [0.4, 0.5) is 0 Å². The molecule has 12 heavy (non-hydrogen) atoms. The number of ether oxygens (including phenoxy) is 1. The van der Waals surface area contributed by atoms with E-state index in [9.17, 15) is 0 Å². The maximum Gasteiger partial charge on any atom is 0.0818 e. The van der Waals surface area contributed by atoms with Crippen LogP contribution in [-0.2, 0) is 4.74 Å². The Bertz CT molecular complexity index is 105. The van der Waals surface area contributed by atoms with Crippen LogP contribution in [0.1, 0.15) is 32.6 Å². The van der Waals surface area contributed by atoms with Gasteiger partial charge in [0.05, 0.1) is 12.7 Å². The lowest BCUT2D eigenvalue weighted by Gasteiger charge is -1.98.